The van der Waals surface area contributed by atoms with Gasteiger partial charge < -0.3 is 63.2 Å². The molecule has 4 fully saturated rings. The number of H-pyrrole nitrogens is 2. The van der Waals surface area contributed by atoms with Crippen molar-refractivity contribution in [3.05, 3.63) is 149 Å². The third kappa shape index (κ3) is 6.76. The second kappa shape index (κ2) is 17.6. The van der Waals surface area contributed by atoms with Gasteiger partial charge in [-0.25, -0.2) is 22.5 Å². The molecule has 20 nitrogen and oxygen atoms in total. The van der Waals surface area contributed by atoms with Crippen LogP contribution in [0.5, 0.6) is 5.75 Å². The Morgan fingerprint density at radius 3 is 1.39 bits per heavy atom. The fourth-order valence-corrected chi connectivity index (χ4v) is 13.4. The highest BCUT2D eigenvalue weighted by Gasteiger charge is 2.54. The van der Waals surface area contributed by atoms with Gasteiger partial charge in [-0.15, -0.1) is 5.06 Å². The topological polar surface area (TPSA) is 263 Å². The summed E-state index contributed by atoms with van der Waals surface area (Å²) in [6.45, 7) is -0.287. The molecule has 24 heteroatoms. The van der Waals surface area contributed by atoms with E-state index in [1.165, 1.54) is 72.8 Å². The van der Waals surface area contributed by atoms with E-state index in [0.29, 0.717) is 65.9 Å². The van der Waals surface area contributed by atoms with Crippen molar-refractivity contribution in [1.29, 1.82) is 0 Å². The van der Waals surface area contributed by atoms with Crippen molar-refractivity contribution in [2.24, 2.45) is 0 Å². The van der Waals surface area contributed by atoms with Gasteiger partial charge in [-0.05, 0) is 84.9 Å². The van der Waals surface area contributed by atoms with E-state index >= 15 is 0 Å². The first-order valence-electron chi connectivity index (χ1n) is 26.3. The molecule has 11 aromatic rings. The van der Waals surface area contributed by atoms with E-state index in [-0.39, 0.29) is 67.6 Å². The first-order chi connectivity index (χ1) is 40.1. The number of imide groups is 2. The number of benzene rings is 7. The van der Waals surface area contributed by atoms with Crippen molar-refractivity contribution in [1.82, 2.24) is 29.1 Å². The van der Waals surface area contributed by atoms with Gasteiger partial charge in [0.1, 0.15) is 77.9 Å². The first kappa shape index (κ1) is 50.0. The largest absolute Gasteiger partial charge is 0.473 e. The summed E-state index contributed by atoms with van der Waals surface area (Å²) in [6.07, 6.45) is -10.5. The number of rotatable bonds is 5. The number of hydrogen-bond acceptors (Lipinski definition) is 14. The molecule has 6 aliphatic heterocycles. The van der Waals surface area contributed by atoms with E-state index in [1.807, 2.05) is 0 Å². The Morgan fingerprint density at radius 1 is 0.506 bits per heavy atom. The average Bonchev–Trinajstić information content (AvgIpc) is 2.54. The highest BCUT2D eigenvalue weighted by atomic mass is 19.1. The lowest BCUT2D eigenvalue weighted by Crippen LogP contribution is -2.50. The number of aliphatic hydroxyl groups excluding tert-OH is 4. The van der Waals surface area contributed by atoms with Crippen LogP contribution in [0, 0.1) is 23.3 Å². The lowest BCUT2D eigenvalue weighted by atomic mass is 9.96. The number of aromatic nitrogens is 4. The van der Waals surface area contributed by atoms with E-state index in [9.17, 15) is 62.4 Å². The van der Waals surface area contributed by atoms with Gasteiger partial charge >= 0.3 is 0 Å². The van der Waals surface area contributed by atoms with Gasteiger partial charge in [0.05, 0.1) is 68.6 Å². The van der Waals surface area contributed by atoms with Gasteiger partial charge in [-0.2, -0.15) is 0 Å². The summed E-state index contributed by atoms with van der Waals surface area (Å²) in [6, 6.07) is 24.6. The molecule has 10 atom stereocenters. The van der Waals surface area contributed by atoms with E-state index < -0.39 is 115 Å². The number of carbonyl (C=O) groups excluding carboxylic acids is 4. The standard InChI is InChI=1S/C33H23F2N3O7.C26H17F2N3O7/c34-14-6-8-19-17(10-14)22-24-25(32(42)37(31(24)41)13-44-16-4-2-1-3-5-16)23-18-11-15(35)7-9-20(18)38(27(23)26(22)36-19)33-29(40)30-28(39)21(45-33)12-43-30;27-8-1-3-12-10(5-8)15-17-18(25(35)31(36)24(17)34)16-11-6-9(28)2-4-13(11)30(20(16)19(15)29-12)26-22(33)23-21(32)14(38-26)7-37-23/h1-11,21,28-30,33,36,39-40H,12-13H2;1-6,14,21-23,26,29,32-33,36H,7H2/t21?,28-,29-,30?,33-;14?,21-,22-,23?,26-/m11/s1. The zero-order chi connectivity index (χ0) is 56.9. The van der Waals surface area contributed by atoms with E-state index in [0.717, 1.165) is 4.90 Å². The van der Waals surface area contributed by atoms with Crippen molar-refractivity contribution in [3.63, 3.8) is 0 Å². The molecular formula is C59H40F4N6O14. The molecule has 7 N–H and O–H groups in total. The second-order valence-electron chi connectivity index (χ2n) is 21.4. The molecule has 0 saturated carbocycles. The van der Waals surface area contributed by atoms with Gasteiger partial charge in [0, 0.05) is 54.1 Å². The Hall–Kier alpha value is -8.82. The molecule has 7 aromatic carbocycles. The van der Waals surface area contributed by atoms with Crippen molar-refractivity contribution in [2.75, 3.05) is 19.9 Å². The van der Waals surface area contributed by atoms with Crippen molar-refractivity contribution in [3.8, 4) is 5.75 Å². The Kier molecular flexibility index (Phi) is 10.6. The molecule has 10 heterocycles. The number of hydrogen-bond donors (Lipinski definition) is 7. The van der Waals surface area contributed by atoms with E-state index in [4.69, 9.17) is 23.7 Å². The third-order valence-electron chi connectivity index (χ3n) is 17.0. The summed E-state index contributed by atoms with van der Waals surface area (Å²) in [5.41, 5.74) is 2.68. The maximum absolute atomic E-state index is 14.9. The third-order valence-corrected chi connectivity index (χ3v) is 17.0. The minimum absolute atomic E-state index is 0.00299. The summed E-state index contributed by atoms with van der Waals surface area (Å²) in [5, 5.41) is 56.1. The molecular weight excluding hydrogens is 1090 g/mol. The summed E-state index contributed by atoms with van der Waals surface area (Å²) < 4.78 is 91.1. The Morgan fingerprint density at radius 2 is 0.916 bits per heavy atom. The molecule has 0 aliphatic carbocycles. The van der Waals surface area contributed by atoms with E-state index in [1.54, 1.807) is 39.5 Å². The Bertz CT molecular complexity index is 4750. The molecule has 4 saturated heterocycles. The van der Waals surface area contributed by atoms with Crippen molar-refractivity contribution in [2.45, 2.75) is 61.3 Å². The SMILES string of the molecule is O=C1c2c(c3c4cc(F)ccc4n([C@@H]4OC5COC([C@@H]5O)[C@H]4O)c3c3[nH]c4ccc(F)cc4c23)C(=O)N1COc1ccccc1.O=C1c2c(c3c4cc(F)ccc4n([C@@H]4OC5COC([C@@H]5O)[C@H]4O)c3c3[nH]c4ccc(F)cc4c23)C(=O)N1O. The van der Waals surface area contributed by atoms with Crippen LogP contribution in [0.2, 0.25) is 0 Å². The molecule has 4 aromatic heterocycles. The fraction of sp³-hybridized carbons (Fsp3) is 0.220. The smallest absolute Gasteiger partial charge is 0.286 e. The monoisotopic (exact) mass is 1130 g/mol. The maximum atomic E-state index is 14.9. The second-order valence-corrected chi connectivity index (χ2v) is 21.4. The minimum Gasteiger partial charge on any atom is -0.473 e. The number of aliphatic hydroxyl groups is 4. The van der Waals surface area contributed by atoms with Gasteiger partial charge in [-0.3, -0.25) is 24.4 Å². The number of halogens is 4. The molecule has 0 spiro atoms. The Labute approximate surface area is 460 Å². The zero-order valence-electron chi connectivity index (χ0n) is 42.4. The van der Waals surface area contributed by atoms with Crippen LogP contribution in [0.25, 0.3) is 87.2 Å². The molecule has 0 radical (unpaired) electrons. The molecule has 83 heavy (non-hydrogen) atoms. The maximum Gasteiger partial charge on any atom is 0.286 e. The number of aromatic amines is 2. The van der Waals surface area contributed by atoms with Gasteiger partial charge in [0.25, 0.3) is 23.6 Å². The van der Waals surface area contributed by atoms with Gasteiger partial charge in [0.2, 0.25) is 0 Å². The molecule has 4 unspecified atom stereocenters. The van der Waals surface area contributed by atoms with Crippen LogP contribution in [-0.2, 0) is 18.9 Å². The van der Waals surface area contributed by atoms with Crippen LogP contribution >= 0.6 is 0 Å². The zero-order valence-corrected chi connectivity index (χ0v) is 42.4. The first-order valence-corrected chi connectivity index (χ1v) is 26.3. The number of hydroxylamine groups is 2. The lowest BCUT2D eigenvalue weighted by molar-refractivity contribution is -0.192. The van der Waals surface area contributed by atoms with Gasteiger partial charge in [-0.1, -0.05) is 18.2 Å². The number of carbonyl (C=O) groups is 4. The quantitative estimate of drug-likeness (QED) is 0.0517. The predicted octanol–water partition coefficient (Wildman–Crippen LogP) is 7.07. The van der Waals surface area contributed by atoms with Crippen LogP contribution in [0.3, 0.4) is 0 Å². The average molecular weight is 1130 g/mol. The number of para-hydroxylation sites is 1. The van der Waals surface area contributed by atoms with Crippen LogP contribution in [0.15, 0.2) is 103 Å². The van der Waals surface area contributed by atoms with Gasteiger partial charge in [0.15, 0.2) is 19.2 Å². The fourth-order valence-electron chi connectivity index (χ4n) is 13.4. The normalized spacial score (nSPS) is 25.7. The van der Waals surface area contributed by atoms with Crippen molar-refractivity contribution >= 4 is 111 Å². The molecule has 6 aliphatic rings. The van der Waals surface area contributed by atoms with Crippen LogP contribution in [0.1, 0.15) is 53.9 Å². The number of ether oxygens (including phenoxy) is 5. The van der Waals surface area contributed by atoms with Crippen molar-refractivity contribution < 1.29 is 86.1 Å². The number of fused-ring (bicyclic) bond motifs is 24. The minimum atomic E-state index is -1.36. The number of nitrogens with one attached hydrogen (secondary N) is 2. The van der Waals surface area contributed by atoms with Crippen LogP contribution in [0.4, 0.5) is 17.6 Å². The predicted molar refractivity (Wildman–Crippen MR) is 283 cm³/mol. The molecule has 17 rings (SSSR count). The Balaban J connectivity index is 0.000000138. The van der Waals surface area contributed by atoms with Crippen LogP contribution in [-0.4, -0.2) is 147 Å². The summed E-state index contributed by atoms with van der Waals surface area (Å²) in [7, 11) is 0. The highest BCUT2D eigenvalue weighted by molar-refractivity contribution is 6.40. The summed E-state index contributed by atoms with van der Waals surface area (Å²) in [5.74, 6) is -5.22. The molecule has 4 amide bonds. The summed E-state index contributed by atoms with van der Waals surface area (Å²) >= 11 is 0. The lowest BCUT2D eigenvalue weighted by Gasteiger charge is -2.36. The number of nitrogens with zero attached hydrogens (tertiary/aromatic N) is 4. The van der Waals surface area contributed by atoms with Crippen LogP contribution < -0.4 is 4.74 Å². The molecule has 418 valence electrons. The van der Waals surface area contributed by atoms with E-state index in [2.05, 4.69) is 9.97 Å². The number of amides is 4. The summed E-state index contributed by atoms with van der Waals surface area (Å²) in [4.78, 5) is 62.2. The highest BCUT2D eigenvalue weighted by Crippen LogP contribution is 2.51. The molecule has 4 bridgehead atoms.